The van der Waals surface area contributed by atoms with E-state index in [1.165, 1.54) is 7.11 Å². The fraction of sp³-hybridized carbons (Fsp3) is 0.432. The molecule has 55 heavy (non-hydrogen) atoms. The van der Waals surface area contributed by atoms with Crippen LogP contribution in [0.4, 0.5) is 4.79 Å². The predicted octanol–water partition coefficient (Wildman–Crippen LogP) is 8.82. The largest absolute Gasteiger partial charge is 0.453 e. The highest BCUT2D eigenvalue weighted by molar-refractivity contribution is 5.91. The van der Waals surface area contributed by atoms with Gasteiger partial charge in [0.15, 0.2) is 0 Å². The third kappa shape index (κ3) is 8.30. The number of benzene rings is 3. The number of carbonyl (C=O) groups excluding carboxylic acids is 3. The number of imidazole rings is 2. The maximum absolute atomic E-state index is 13.7. The number of rotatable bonds is 10. The number of aromatic amines is 2. The molecule has 0 aliphatic carbocycles. The van der Waals surface area contributed by atoms with Crippen molar-refractivity contribution in [1.82, 2.24) is 35.1 Å². The lowest BCUT2D eigenvalue weighted by atomic mass is 9.97. The molecule has 3 amide bonds. The van der Waals surface area contributed by atoms with Gasteiger partial charge in [0.25, 0.3) is 0 Å². The Morgan fingerprint density at radius 2 is 1.25 bits per heavy atom. The van der Waals surface area contributed by atoms with Crippen molar-refractivity contribution in [3.8, 4) is 33.6 Å². The number of methoxy groups -OCH3 is 1. The van der Waals surface area contributed by atoms with Crippen molar-refractivity contribution < 1.29 is 19.1 Å². The summed E-state index contributed by atoms with van der Waals surface area (Å²) in [4.78, 5) is 59.2. The molecule has 0 spiro atoms. The number of amides is 3. The van der Waals surface area contributed by atoms with Crippen molar-refractivity contribution in [2.75, 3.05) is 20.2 Å². The van der Waals surface area contributed by atoms with Gasteiger partial charge < -0.3 is 29.8 Å². The van der Waals surface area contributed by atoms with Crippen LogP contribution in [0.15, 0.2) is 73.1 Å². The number of carbonyl (C=O) groups is 3. The quantitative estimate of drug-likeness (QED) is 0.131. The monoisotopic (exact) mass is 743 g/mol. The number of nitrogens with one attached hydrogen (secondary N) is 3. The van der Waals surface area contributed by atoms with E-state index in [-0.39, 0.29) is 29.8 Å². The Morgan fingerprint density at radius 3 is 1.85 bits per heavy atom. The van der Waals surface area contributed by atoms with Crippen LogP contribution in [0, 0.1) is 11.8 Å². The summed E-state index contributed by atoms with van der Waals surface area (Å²) in [6.07, 6.45) is 9.45. The zero-order valence-electron chi connectivity index (χ0n) is 32.6. The van der Waals surface area contributed by atoms with Crippen molar-refractivity contribution >= 4 is 28.7 Å². The maximum atomic E-state index is 13.7. The van der Waals surface area contributed by atoms with Gasteiger partial charge in [0.2, 0.25) is 11.8 Å². The van der Waals surface area contributed by atoms with Crippen LogP contribution in [0.5, 0.6) is 0 Å². The number of hydrogen-bond acceptors (Lipinski definition) is 6. The number of ether oxygens (including phenoxy) is 1. The minimum absolute atomic E-state index is 0.00255. The number of alkyl carbamates (subject to hydrolysis) is 1. The van der Waals surface area contributed by atoms with E-state index in [0.717, 1.165) is 101 Å². The molecule has 2 saturated heterocycles. The van der Waals surface area contributed by atoms with Crippen LogP contribution >= 0.6 is 0 Å². The predicted molar refractivity (Wildman–Crippen MR) is 215 cm³/mol. The van der Waals surface area contributed by atoms with Gasteiger partial charge in [-0.3, -0.25) is 9.59 Å². The zero-order valence-corrected chi connectivity index (χ0v) is 32.6. The van der Waals surface area contributed by atoms with E-state index in [0.29, 0.717) is 18.9 Å². The molecule has 5 aromatic rings. The Hall–Kier alpha value is -5.45. The van der Waals surface area contributed by atoms with Gasteiger partial charge in [-0.2, -0.15) is 0 Å². The first-order valence-electron chi connectivity index (χ1n) is 19.8. The zero-order chi connectivity index (χ0) is 38.6. The van der Waals surface area contributed by atoms with Crippen LogP contribution < -0.4 is 5.32 Å². The molecule has 11 nitrogen and oxygen atoms in total. The number of fused-ring (bicyclic) bond motifs is 1. The average molecular weight is 744 g/mol. The SMILES string of the molecule is COC(=O)N[C@H](C(=O)N1CCCC[C@H]1c1ncc(-c2ccc(-c3ccc4cc(-c5cnc([C@@H]6CCCCN6C(=O)CC(C)C)[nH]5)ccc4c3)cc2)[nH]1)C(C)C. The standard InChI is InChI=1S/C44H53N7O4/c1-27(2)22-39(52)50-20-8-6-10-37(50)41-46-26-36(48-41)34-19-18-32-23-31(16-17-33(32)24-34)29-12-14-30(15-13-29)35-25-45-42(47-35)38-11-7-9-21-51(38)43(53)40(28(3)4)49-44(54)55-5/h12-19,23-28,37-38,40H,6-11,20-22H2,1-5H3,(H,45,47)(H,46,48)(H,49,54)/t37-,38-,40-/m0/s1. The van der Waals surface area contributed by atoms with Gasteiger partial charge in [-0.05, 0) is 90.0 Å². The smallest absolute Gasteiger partial charge is 0.407 e. The minimum atomic E-state index is -0.678. The van der Waals surface area contributed by atoms with E-state index in [9.17, 15) is 14.4 Å². The Bertz CT molecular complexity index is 2140. The Labute approximate surface area is 323 Å². The first-order valence-corrected chi connectivity index (χ1v) is 19.8. The van der Waals surface area contributed by atoms with Crippen molar-refractivity contribution in [3.63, 3.8) is 0 Å². The molecule has 0 bridgehead atoms. The van der Waals surface area contributed by atoms with Crippen LogP contribution in [-0.2, 0) is 14.3 Å². The van der Waals surface area contributed by atoms with Gasteiger partial charge in [-0.1, -0.05) is 76.2 Å². The summed E-state index contributed by atoms with van der Waals surface area (Å²) in [6.45, 7) is 9.42. The van der Waals surface area contributed by atoms with E-state index in [4.69, 9.17) is 14.7 Å². The second-order valence-corrected chi connectivity index (χ2v) is 15.8. The normalized spacial score (nSPS) is 18.2. The van der Waals surface area contributed by atoms with Crippen molar-refractivity contribution in [2.45, 2.75) is 90.8 Å². The minimum Gasteiger partial charge on any atom is -0.453 e. The summed E-state index contributed by atoms with van der Waals surface area (Å²) in [5, 5.41) is 5.01. The van der Waals surface area contributed by atoms with Crippen LogP contribution in [0.2, 0.25) is 0 Å². The fourth-order valence-electron chi connectivity index (χ4n) is 8.08. The molecule has 2 aliphatic rings. The third-order valence-electron chi connectivity index (χ3n) is 11.1. The van der Waals surface area contributed by atoms with Gasteiger partial charge in [0, 0.05) is 25.1 Å². The lowest BCUT2D eigenvalue weighted by molar-refractivity contribution is -0.138. The van der Waals surface area contributed by atoms with Crippen molar-refractivity contribution in [3.05, 3.63) is 84.7 Å². The highest BCUT2D eigenvalue weighted by atomic mass is 16.5. The lowest BCUT2D eigenvalue weighted by Crippen LogP contribution is -2.53. The topological polar surface area (TPSA) is 136 Å². The lowest BCUT2D eigenvalue weighted by Gasteiger charge is -2.37. The van der Waals surface area contributed by atoms with E-state index >= 15 is 0 Å². The maximum Gasteiger partial charge on any atom is 0.407 e. The summed E-state index contributed by atoms with van der Waals surface area (Å²) >= 11 is 0. The molecule has 11 heteroatoms. The first kappa shape index (κ1) is 37.8. The van der Waals surface area contributed by atoms with Gasteiger partial charge in [-0.15, -0.1) is 0 Å². The third-order valence-corrected chi connectivity index (χ3v) is 11.1. The molecule has 288 valence electrons. The number of likely N-dealkylation sites (tertiary alicyclic amines) is 2. The number of H-pyrrole nitrogens is 2. The molecule has 3 aromatic carbocycles. The molecule has 0 saturated carbocycles. The first-order chi connectivity index (χ1) is 26.6. The van der Waals surface area contributed by atoms with E-state index in [1.54, 1.807) is 0 Å². The second kappa shape index (κ2) is 16.5. The molecule has 2 fully saturated rings. The summed E-state index contributed by atoms with van der Waals surface area (Å²) < 4.78 is 4.79. The van der Waals surface area contributed by atoms with Gasteiger partial charge >= 0.3 is 6.09 Å². The van der Waals surface area contributed by atoms with Crippen molar-refractivity contribution in [1.29, 1.82) is 0 Å². The van der Waals surface area contributed by atoms with Crippen LogP contribution in [0.3, 0.4) is 0 Å². The second-order valence-electron chi connectivity index (χ2n) is 15.8. The van der Waals surface area contributed by atoms with Crippen LogP contribution in [0.25, 0.3) is 44.4 Å². The van der Waals surface area contributed by atoms with Gasteiger partial charge in [-0.25, -0.2) is 14.8 Å². The molecule has 2 aliphatic heterocycles. The molecule has 7 rings (SSSR count). The van der Waals surface area contributed by atoms with Gasteiger partial charge in [0.05, 0.1) is 43.0 Å². The van der Waals surface area contributed by atoms with Crippen molar-refractivity contribution in [2.24, 2.45) is 11.8 Å². The molecule has 3 N–H and O–H groups in total. The Morgan fingerprint density at radius 1 is 0.727 bits per heavy atom. The summed E-state index contributed by atoms with van der Waals surface area (Å²) in [7, 11) is 1.30. The van der Waals surface area contributed by atoms with E-state index in [1.807, 2.05) is 36.0 Å². The number of hydrogen-bond donors (Lipinski definition) is 3. The van der Waals surface area contributed by atoms with Gasteiger partial charge in [0.1, 0.15) is 17.7 Å². The fourth-order valence-corrected chi connectivity index (χ4v) is 8.08. The van der Waals surface area contributed by atoms with Crippen LogP contribution in [0.1, 0.15) is 96.4 Å². The summed E-state index contributed by atoms with van der Waals surface area (Å²) in [5.74, 6) is 1.95. The molecular weight excluding hydrogens is 691 g/mol. The average Bonchev–Trinajstić information content (AvgIpc) is 3.90. The molecule has 4 heterocycles. The molecule has 2 aromatic heterocycles. The molecular formula is C44H53N7O4. The number of aromatic nitrogens is 4. The molecule has 0 radical (unpaired) electrons. The number of piperidine rings is 2. The Balaban J connectivity index is 1.04. The van der Waals surface area contributed by atoms with E-state index in [2.05, 4.69) is 89.8 Å². The molecule has 3 atom stereocenters. The van der Waals surface area contributed by atoms with E-state index < -0.39 is 12.1 Å². The summed E-state index contributed by atoms with van der Waals surface area (Å²) in [6, 6.07) is 20.6. The highest BCUT2D eigenvalue weighted by Crippen LogP contribution is 2.35. The number of nitrogens with zero attached hydrogens (tertiary/aromatic N) is 4. The highest BCUT2D eigenvalue weighted by Gasteiger charge is 2.36. The summed E-state index contributed by atoms with van der Waals surface area (Å²) in [5.41, 5.74) is 6.15. The Kier molecular flexibility index (Phi) is 11.4. The molecule has 0 unspecified atom stereocenters. The van der Waals surface area contributed by atoms with Crippen LogP contribution in [-0.4, -0.2) is 73.9 Å².